The van der Waals surface area contributed by atoms with Crippen LogP contribution in [0.3, 0.4) is 0 Å². The van der Waals surface area contributed by atoms with Crippen LogP contribution in [0.25, 0.3) is 11.3 Å². The lowest BCUT2D eigenvalue weighted by molar-refractivity contribution is -0.153. The van der Waals surface area contributed by atoms with Crippen molar-refractivity contribution in [1.29, 1.82) is 0 Å². The van der Waals surface area contributed by atoms with Gasteiger partial charge in [0.2, 0.25) is 11.8 Å². The summed E-state index contributed by atoms with van der Waals surface area (Å²) in [6.45, 7) is 4.29. The number of fused-ring (bicyclic) bond motifs is 4. The van der Waals surface area contributed by atoms with Crippen LogP contribution in [0.2, 0.25) is 0 Å². The van der Waals surface area contributed by atoms with Crippen molar-refractivity contribution in [3.63, 3.8) is 0 Å². The highest BCUT2D eigenvalue weighted by atomic mass is 16.5. The Morgan fingerprint density at radius 3 is 2.57 bits per heavy atom. The average Bonchev–Trinajstić information content (AvgIpc) is 2.71. The summed E-state index contributed by atoms with van der Waals surface area (Å²) in [5, 5.41) is 12.2. The SMILES string of the molecule is C[C@@H]1CN2c3ccc(-c4ccnnc4)nc3CC3(C(=O)NC(=O)NC3=O)[C@H]2[C@H](C)O1. The van der Waals surface area contributed by atoms with Crippen molar-refractivity contribution in [2.24, 2.45) is 5.41 Å². The Morgan fingerprint density at radius 1 is 1.10 bits per heavy atom. The molecule has 0 bridgehead atoms. The van der Waals surface area contributed by atoms with E-state index in [4.69, 9.17) is 9.72 Å². The van der Waals surface area contributed by atoms with Crippen LogP contribution < -0.4 is 15.5 Å². The van der Waals surface area contributed by atoms with Crippen molar-refractivity contribution in [1.82, 2.24) is 25.8 Å². The fourth-order valence-corrected chi connectivity index (χ4v) is 4.89. The first-order valence-electron chi connectivity index (χ1n) is 9.76. The molecule has 1 spiro atoms. The second kappa shape index (κ2) is 6.56. The van der Waals surface area contributed by atoms with Crippen LogP contribution >= 0.6 is 0 Å². The number of anilines is 1. The van der Waals surface area contributed by atoms with Gasteiger partial charge < -0.3 is 9.64 Å². The van der Waals surface area contributed by atoms with Gasteiger partial charge in [0.05, 0.1) is 47.7 Å². The smallest absolute Gasteiger partial charge is 0.328 e. The average molecular weight is 408 g/mol. The van der Waals surface area contributed by atoms with Gasteiger partial charge in [0, 0.05) is 18.5 Å². The molecule has 3 aliphatic heterocycles. The monoisotopic (exact) mass is 408 g/mol. The van der Waals surface area contributed by atoms with Crippen molar-refractivity contribution in [3.05, 3.63) is 36.3 Å². The van der Waals surface area contributed by atoms with Crippen LogP contribution in [-0.4, -0.2) is 57.8 Å². The highest BCUT2D eigenvalue weighted by molar-refractivity contribution is 6.20. The number of imide groups is 2. The molecule has 0 aromatic carbocycles. The number of pyridine rings is 1. The second-order valence-corrected chi connectivity index (χ2v) is 7.93. The summed E-state index contributed by atoms with van der Waals surface area (Å²) in [5.41, 5.74) is 1.39. The Bertz CT molecular complexity index is 1040. The van der Waals surface area contributed by atoms with Gasteiger partial charge in [-0.3, -0.25) is 25.2 Å². The number of barbiturate groups is 1. The maximum absolute atomic E-state index is 13.1. The molecular weight excluding hydrogens is 388 g/mol. The van der Waals surface area contributed by atoms with E-state index in [9.17, 15) is 14.4 Å². The van der Waals surface area contributed by atoms with Crippen molar-refractivity contribution in [3.8, 4) is 11.3 Å². The standard InChI is InChI=1S/C20H20N6O4/c1-10-9-26-15-4-3-13(12-5-6-21-22-8-12)23-14(15)7-20(16(26)11(2)30-10)17(27)24-19(29)25-18(20)28/h3-6,8,10-11,16H,7,9H2,1-2H3,(H2,24,25,27,28,29)/t10-,11+,16-/m1/s1. The Balaban J connectivity index is 1.68. The molecule has 4 amide bonds. The van der Waals surface area contributed by atoms with Gasteiger partial charge in [0.15, 0.2) is 5.41 Å². The Labute approximate surface area is 172 Å². The van der Waals surface area contributed by atoms with E-state index < -0.39 is 35.4 Å². The lowest BCUT2D eigenvalue weighted by atomic mass is 9.67. The molecule has 0 aliphatic carbocycles. The van der Waals surface area contributed by atoms with E-state index in [1.54, 1.807) is 18.5 Å². The Kier molecular flexibility index (Phi) is 4.07. The van der Waals surface area contributed by atoms with E-state index in [2.05, 4.69) is 20.8 Å². The molecule has 2 aromatic rings. The molecule has 2 saturated heterocycles. The molecule has 10 nitrogen and oxygen atoms in total. The van der Waals surface area contributed by atoms with Gasteiger partial charge in [-0.15, -0.1) is 0 Å². The fraction of sp³-hybridized carbons (Fsp3) is 0.400. The van der Waals surface area contributed by atoms with Crippen LogP contribution in [-0.2, 0) is 20.7 Å². The molecule has 30 heavy (non-hydrogen) atoms. The topological polar surface area (TPSA) is 126 Å². The first kappa shape index (κ1) is 18.6. The third kappa shape index (κ3) is 2.60. The quantitative estimate of drug-likeness (QED) is 0.651. The summed E-state index contributed by atoms with van der Waals surface area (Å²) in [7, 11) is 0. The van der Waals surface area contributed by atoms with E-state index in [0.29, 0.717) is 17.9 Å². The van der Waals surface area contributed by atoms with Gasteiger partial charge in [0.1, 0.15) is 0 Å². The maximum Gasteiger partial charge on any atom is 0.328 e. The molecular formula is C20H20N6O4. The molecule has 0 saturated carbocycles. The minimum Gasteiger partial charge on any atom is -0.372 e. The minimum atomic E-state index is -1.53. The van der Waals surface area contributed by atoms with Crippen LogP contribution in [0, 0.1) is 5.41 Å². The Hall–Kier alpha value is -3.40. The molecule has 0 unspecified atom stereocenters. The number of rotatable bonds is 1. The fourth-order valence-electron chi connectivity index (χ4n) is 4.89. The molecule has 3 atom stereocenters. The molecule has 5 rings (SSSR count). The number of ether oxygens (including phenoxy) is 1. The molecule has 2 N–H and O–H groups in total. The van der Waals surface area contributed by atoms with Crippen molar-refractivity contribution >= 4 is 23.5 Å². The van der Waals surface area contributed by atoms with Gasteiger partial charge in [-0.05, 0) is 32.0 Å². The zero-order valence-corrected chi connectivity index (χ0v) is 16.5. The predicted molar refractivity (Wildman–Crippen MR) is 104 cm³/mol. The summed E-state index contributed by atoms with van der Waals surface area (Å²) >= 11 is 0. The number of hydrogen-bond acceptors (Lipinski definition) is 8. The summed E-state index contributed by atoms with van der Waals surface area (Å²) in [5.74, 6) is -1.25. The minimum absolute atomic E-state index is 0.0584. The Morgan fingerprint density at radius 2 is 1.87 bits per heavy atom. The predicted octanol–water partition coefficient (Wildman–Crippen LogP) is 0.429. The highest BCUT2D eigenvalue weighted by Gasteiger charge is 2.63. The van der Waals surface area contributed by atoms with E-state index in [1.807, 2.05) is 30.9 Å². The summed E-state index contributed by atoms with van der Waals surface area (Å²) in [4.78, 5) is 44.8. The number of nitrogens with zero attached hydrogens (tertiary/aromatic N) is 4. The number of carbonyl (C=O) groups excluding carboxylic acids is 3. The molecule has 3 aliphatic rings. The van der Waals surface area contributed by atoms with E-state index in [-0.39, 0.29) is 12.5 Å². The normalized spacial score (nSPS) is 27.2. The number of amides is 4. The molecule has 2 fully saturated rings. The third-order valence-corrected chi connectivity index (χ3v) is 6.04. The number of urea groups is 1. The van der Waals surface area contributed by atoms with Crippen molar-refractivity contribution in [2.75, 3.05) is 11.4 Å². The molecule has 5 heterocycles. The maximum atomic E-state index is 13.1. The molecule has 154 valence electrons. The molecule has 2 aromatic heterocycles. The largest absolute Gasteiger partial charge is 0.372 e. The van der Waals surface area contributed by atoms with Crippen LogP contribution in [0.15, 0.2) is 30.6 Å². The van der Waals surface area contributed by atoms with Crippen LogP contribution in [0.1, 0.15) is 19.5 Å². The zero-order valence-electron chi connectivity index (χ0n) is 16.5. The zero-order chi connectivity index (χ0) is 21.0. The lowest BCUT2D eigenvalue weighted by Gasteiger charge is -2.55. The third-order valence-electron chi connectivity index (χ3n) is 6.04. The molecule has 10 heteroatoms. The molecule has 0 radical (unpaired) electrons. The summed E-state index contributed by atoms with van der Waals surface area (Å²) < 4.78 is 5.99. The number of carbonyl (C=O) groups is 3. The van der Waals surface area contributed by atoms with E-state index >= 15 is 0 Å². The van der Waals surface area contributed by atoms with Gasteiger partial charge in [-0.2, -0.15) is 10.2 Å². The summed E-state index contributed by atoms with van der Waals surface area (Å²) in [6.07, 6.45) is 2.74. The number of aromatic nitrogens is 3. The van der Waals surface area contributed by atoms with Crippen LogP contribution in [0.5, 0.6) is 0 Å². The van der Waals surface area contributed by atoms with E-state index in [0.717, 1.165) is 11.3 Å². The first-order valence-corrected chi connectivity index (χ1v) is 9.76. The van der Waals surface area contributed by atoms with Gasteiger partial charge in [0.25, 0.3) is 0 Å². The van der Waals surface area contributed by atoms with Crippen molar-refractivity contribution < 1.29 is 19.1 Å². The number of morpholine rings is 1. The van der Waals surface area contributed by atoms with Gasteiger partial charge in [-0.25, -0.2) is 4.79 Å². The number of nitrogens with one attached hydrogen (secondary N) is 2. The second-order valence-electron chi connectivity index (χ2n) is 7.93. The summed E-state index contributed by atoms with van der Waals surface area (Å²) in [6, 6.07) is 4.26. The van der Waals surface area contributed by atoms with Crippen molar-refractivity contribution in [2.45, 2.75) is 38.5 Å². The van der Waals surface area contributed by atoms with Gasteiger partial charge >= 0.3 is 6.03 Å². The first-order chi connectivity index (χ1) is 14.4. The highest BCUT2D eigenvalue weighted by Crippen LogP contribution is 2.46. The van der Waals surface area contributed by atoms with E-state index in [1.165, 1.54) is 0 Å². The lowest BCUT2D eigenvalue weighted by Crippen LogP contribution is -2.75. The number of hydrogen-bond donors (Lipinski definition) is 2. The van der Waals surface area contributed by atoms with Gasteiger partial charge in [-0.1, -0.05) is 0 Å². The van der Waals surface area contributed by atoms with Crippen LogP contribution in [0.4, 0.5) is 10.5 Å².